The summed E-state index contributed by atoms with van der Waals surface area (Å²) in [4.78, 5) is 23.4. The number of hydrogen-bond acceptors (Lipinski definition) is 5. The number of nitrogens with two attached hydrogens (primary N) is 2. The molecule has 1 amide bonds. The lowest BCUT2D eigenvalue weighted by molar-refractivity contribution is -0.384. The molecule has 1 fully saturated rings. The Bertz CT molecular complexity index is 503. The van der Waals surface area contributed by atoms with Gasteiger partial charge in [-0.25, -0.2) is 0 Å². The second-order valence-corrected chi connectivity index (χ2v) is 4.32. The molecule has 0 aliphatic carbocycles. The molecule has 0 spiro atoms. The normalized spacial score (nSPS) is 18.9. The molecule has 1 aromatic rings. The first kappa shape index (κ1) is 12.3. The van der Waals surface area contributed by atoms with Crippen molar-refractivity contribution in [3.63, 3.8) is 0 Å². The van der Waals surface area contributed by atoms with Gasteiger partial charge in [-0.05, 0) is 18.6 Å². The smallest absolute Gasteiger partial charge is 0.292 e. The number of nitro benzene ring substituents is 1. The molecule has 1 saturated heterocycles. The standard InChI is InChI=1S/C11H14N4O3/c12-8-3-4-14(6-8)10-5-7(11(13)16)1-2-9(10)15(17)18/h1-2,5,8H,3-4,6,12H2,(H2,13,16). The molecule has 1 unspecified atom stereocenters. The fraction of sp³-hybridized carbons (Fsp3) is 0.364. The first-order valence-corrected chi connectivity index (χ1v) is 5.58. The van der Waals surface area contributed by atoms with E-state index < -0.39 is 10.8 Å². The SMILES string of the molecule is NC(=O)c1ccc([N+](=O)[O-])c(N2CCC(N)C2)c1. The minimum absolute atomic E-state index is 0.00170. The summed E-state index contributed by atoms with van der Waals surface area (Å²) < 4.78 is 0. The van der Waals surface area contributed by atoms with Crippen molar-refractivity contribution in [3.8, 4) is 0 Å². The molecule has 18 heavy (non-hydrogen) atoms. The van der Waals surface area contributed by atoms with Gasteiger partial charge in [-0.15, -0.1) is 0 Å². The van der Waals surface area contributed by atoms with Crippen molar-refractivity contribution >= 4 is 17.3 Å². The van der Waals surface area contributed by atoms with Crippen molar-refractivity contribution < 1.29 is 9.72 Å². The molecule has 0 bridgehead atoms. The van der Waals surface area contributed by atoms with Gasteiger partial charge in [-0.1, -0.05) is 0 Å². The van der Waals surface area contributed by atoms with Gasteiger partial charge in [0.25, 0.3) is 5.69 Å². The number of hydrogen-bond donors (Lipinski definition) is 2. The number of anilines is 1. The number of amides is 1. The Kier molecular flexibility index (Phi) is 3.15. The third kappa shape index (κ3) is 2.25. The van der Waals surface area contributed by atoms with E-state index in [1.807, 2.05) is 4.90 Å². The number of nitro groups is 1. The van der Waals surface area contributed by atoms with Crippen LogP contribution in [0.5, 0.6) is 0 Å². The molecule has 96 valence electrons. The van der Waals surface area contributed by atoms with Crippen LogP contribution < -0.4 is 16.4 Å². The molecule has 1 aromatic carbocycles. The topological polar surface area (TPSA) is 115 Å². The maximum Gasteiger partial charge on any atom is 0.292 e. The molecule has 1 aliphatic heterocycles. The summed E-state index contributed by atoms with van der Waals surface area (Å²) in [7, 11) is 0. The van der Waals surface area contributed by atoms with E-state index in [0.29, 0.717) is 18.8 Å². The maximum atomic E-state index is 11.1. The lowest BCUT2D eigenvalue weighted by atomic mass is 10.1. The molecule has 0 aromatic heterocycles. The van der Waals surface area contributed by atoms with Crippen molar-refractivity contribution in [2.24, 2.45) is 11.5 Å². The first-order valence-electron chi connectivity index (χ1n) is 5.58. The number of primary amides is 1. The lowest BCUT2D eigenvalue weighted by Crippen LogP contribution is -2.27. The van der Waals surface area contributed by atoms with Crippen molar-refractivity contribution in [3.05, 3.63) is 33.9 Å². The predicted molar refractivity (Wildman–Crippen MR) is 66.4 cm³/mol. The Morgan fingerprint density at radius 2 is 2.22 bits per heavy atom. The zero-order chi connectivity index (χ0) is 13.3. The van der Waals surface area contributed by atoms with Crippen molar-refractivity contribution in [2.75, 3.05) is 18.0 Å². The number of rotatable bonds is 3. The summed E-state index contributed by atoms with van der Waals surface area (Å²) in [6.07, 6.45) is 0.776. The molecule has 4 N–H and O–H groups in total. The van der Waals surface area contributed by atoms with Crippen LogP contribution in [0.4, 0.5) is 11.4 Å². The monoisotopic (exact) mass is 250 g/mol. The second-order valence-electron chi connectivity index (χ2n) is 4.32. The molecular weight excluding hydrogens is 236 g/mol. The van der Waals surface area contributed by atoms with Crippen LogP contribution in [-0.4, -0.2) is 30.0 Å². The van der Waals surface area contributed by atoms with Crippen molar-refractivity contribution in [1.82, 2.24) is 0 Å². The van der Waals surface area contributed by atoms with Gasteiger partial charge >= 0.3 is 0 Å². The highest BCUT2D eigenvalue weighted by atomic mass is 16.6. The maximum absolute atomic E-state index is 11.1. The van der Waals surface area contributed by atoms with Gasteiger partial charge in [-0.2, -0.15) is 0 Å². The molecule has 0 radical (unpaired) electrons. The predicted octanol–water partition coefficient (Wildman–Crippen LogP) is 0.231. The Morgan fingerprint density at radius 3 is 2.72 bits per heavy atom. The lowest BCUT2D eigenvalue weighted by Gasteiger charge is -2.18. The van der Waals surface area contributed by atoms with Gasteiger partial charge in [0.15, 0.2) is 0 Å². The van der Waals surface area contributed by atoms with Crippen LogP contribution in [0.2, 0.25) is 0 Å². The Balaban J connectivity index is 2.44. The number of carbonyl (C=O) groups is 1. The third-order valence-electron chi connectivity index (χ3n) is 3.02. The molecular formula is C11H14N4O3. The van der Waals surface area contributed by atoms with Crippen LogP contribution >= 0.6 is 0 Å². The van der Waals surface area contributed by atoms with E-state index in [0.717, 1.165) is 6.42 Å². The van der Waals surface area contributed by atoms with Crippen LogP contribution in [0.1, 0.15) is 16.8 Å². The van der Waals surface area contributed by atoms with Crippen LogP contribution in [0, 0.1) is 10.1 Å². The summed E-state index contributed by atoms with van der Waals surface area (Å²) in [5.74, 6) is -0.602. The second kappa shape index (κ2) is 4.61. The average molecular weight is 250 g/mol. The number of nitrogens with zero attached hydrogens (tertiary/aromatic N) is 2. The molecule has 0 saturated carbocycles. The zero-order valence-corrected chi connectivity index (χ0v) is 9.70. The van der Waals surface area contributed by atoms with E-state index in [4.69, 9.17) is 11.5 Å². The summed E-state index contributed by atoms with van der Waals surface area (Å²) >= 11 is 0. The van der Waals surface area contributed by atoms with E-state index in [-0.39, 0.29) is 17.3 Å². The molecule has 1 heterocycles. The number of carbonyl (C=O) groups excluding carboxylic acids is 1. The molecule has 2 rings (SSSR count). The fourth-order valence-electron chi connectivity index (χ4n) is 2.09. The Morgan fingerprint density at radius 1 is 1.50 bits per heavy atom. The fourth-order valence-corrected chi connectivity index (χ4v) is 2.09. The van der Waals surface area contributed by atoms with E-state index in [1.165, 1.54) is 18.2 Å². The third-order valence-corrected chi connectivity index (χ3v) is 3.02. The summed E-state index contributed by atoms with van der Waals surface area (Å²) in [6.45, 7) is 1.19. The zero-order valence-electron chi connectivity index (χ0n) is 9.70. The molecule has 7 nitrogen and oxygen atoms in total. The largest absolute Gasteiger partial charge is 0.366 e. The summed E-state index contributed by atoms with van der Waals surface area (Å²) in [6, 6.07) is 4.12. The van der Waals surface area contributed by atoms with Gasteiger partial charge in [0.1, 0.15) is 5.69 Å². The minimum atomic E-state index is -0.602. The van der Waals surface area contributed by atoms with Crippen molar-refractivity contribution in [1.29, 1.82) is 0 Å². The van der Waals surface area contributed by atoms with Crippen LogP contribution in [0.25, 0.3) is 0 Å². The molecule has 7 heteroatoms. The van der Waals surface area contributed by atoms with E-state index in [9.17, 15) is 14.9 Å². The van der Waals surface area contributed by atoms with E-state index >= 15 is 0 Å². The Labute approximate surface area is 104 Å². The van der Waals surface area contributed by atoms with Crippen LogP contribution in [0.15, 0.2) is 18.2 Å². The highest BCUT2D eigenvalue weighted by Gasteiger charge is 2.26. The summed E-state index contributed by atoms with van der Waals surface area (Å²) in [5, 5.41) is 11.0. The van der Waals surface area contributed by atoms with Gasteiger partial charge in [-0.3, -0.25) is 14.9 Å². The molecule has 1 atom stereocenters. The minimum Gasteiger partial charge on any atom is -0.366 e. The van der Waals surface area contributed by atoms with Gasteiger partial charge < -0.3 is 16.4 Å². The Hall–Kier alpha value is -2.15. The molecule has 1 aliphatic rings. The van der Waals surface area contributed by atoms with E-state index in [2.05, 4.69) is 0 Å². The highest BCUT2D eigenvalue weighted by molar-refractivity contribution is 5.94. The van der Waals surface area contributed by atoms with Gasteiger partial charge in [0.2, 0.25) is 5.91 Å². The summed E-state index contributed by atoms with van der Waals surface area (Å²) in [5.41, 5.74) is 11.6. The van der Waals surface area contributed by atoms with Crippen LogP contribution in [0.3, 0.4) is 0 Å². The quantitative estimate of drug-likeness (QED) is 0.588. The highest BCUT2D eigenvalue weighted by Crippen LogP contribution is 2.31. The van der Waals surface area contributed by atoms with Gasteiger partial charge in [0.05, 0.1) is 4.92 Å². The first-order chi connectivity index (χ1) is 8.49. The van der Waals surface area contributed by atoms with Crippen molar-refractivity contribution in [2.45, 2.75) is 12.5 Å². The average Bonchev–Trinajstić information content (AvgIpc) is 2.74. The van der Waals surface area contributed by atoms with Gasteiger partial charge in [0, 0.05) is 30.8 Å². The van der Waals surface area contributed by atoms with Crippen LogP contribution in [-0.2, 0) is 0 Å². The van der Waals surface area contributed by atoms with E-state index in [1.54, 1.807) is 0 Å². The number of benzene rings is 1.